The molecule has 4 rings (SSSR count). The molecule has 0 radical (unpaired) electrons. The summed E-state index contributed by atoms with van der Waals surface area (Å²) in [7, 11) is 2.57. The molecule has 238 valence electrons. The molecule has 2 aromatic carbocycles. The summed E-state index contributed by atoms with van der Waals surface area (Å²) in [6, 6.07) is 8.85. The van der Waals surface area contributed by atoms with E-state index in [0.29, 0.717) is 6.42 Å². The van der Waals surface area contributed by atoms with Crippen LogP contribution in [0.4, 0.5) is 0 Å². The van der Waals surface area contributed by atoms with E-state index in [1.54, 1.807) is 12.1 Å². The van der Waals surface area contributed by atoms with Crippen LogP contribution in [-0.2, 0) is 30.1 Å². The van der Waals surface area contributed by atoms with Crippen molar-refractivity contribution in [3.63, 3.8) is 0 Å². The molecule has 2 saturated heterocycles. The zero-order valence-electron chi connectivity index (χ0n) is 23.4. The van der Waals surface area contributed by atoms with Crippen molar-refractivity contribution in [3.05, 3.63) is 47.5 Å². The lowest BCUT2D eigenvalue weighted by Gasteiger charge is -2.40. The predicted molar refractivity (Wildman–Crippen MR) is 143 cm³/mol. The second-order valence-electron chi connectivity index (χ2n) is 10.2. The number of hydrogen-bond acceptors (Lipinski definition) is 15. The van der Waals surface area contributed by atoms with Crippen LogP contribution in [0.3, 0.4) is 0 Å². The van der Waals surface area contributed by atoms with Gasteiger partial charge in [-0.15, -0.1) is 0 Å². The Kier molecular flexibility index (Phi) is 10.7. The van der Waals surface area contributed by atoms with Crippen molar-refractivity contribution in [1.82, 2.24) is 0 Å². The van der Waals surface area contributed by atoms with Crippen molar-refractivity contribution in [2.45, 2.75) is 55.1 Å². The topological polar surface area (TPSA) is 223 Å². The van der Waals surface area contributed by atoms with Crippen LogP contribution in [0.5, 0.6) is 23.0 Å². The van der Waals surface area contributed by atoms with Crippen LogP contribution in [-0.4, -0.2) is 131 Å². The van der Waals surface area contributed by atoms with Gasteiger partial charge in [-0.05, 0) is 36.2 Å². The summed E-state index contributed by atoms with van der Waals surface area (Å²) in [6.45, 7) is -1.52. The SMILES string of the molecule is COc1cc(C(=O)OC[C@@]2(O)CO[C@@H](OC[C@H]3O[C@@H](OCCc4ccc(O)cc4)[C@H](O)[C@@H](O)[C@@H]3O)[C@@H]2O)cc(OC)c1O. The molecule has 2 fully saturated rings. The highest BCUT2D eigenvalue weighted by molar-refractivity contribution is 5.91. The van der Waals surface area contributed by atoms with Gasteiger partial charge in [-0.25, -0.2) is 4.79 Å². The van der Waals surface area contributed by atoms with Gasteiger partial charge in [0.15, 0.2) is 29.7 Å². The first kappa shape index (κ1) is 32.7. The summed E-state index contributed by atoms with van der Waals surface area (Å²) in [6.07, 6.45) is -10.0. The third kappa shape index (κ3) is 7.46. The molecule has 2 aromatic rings. The smallest absolute Gasteiger partial charge is 0.338 e. The number of benzene rings is 2. The quantitative estimate of drug-likeness (QED) is 0.140. The Morgan fingerprint density at radius 2 is 1.58 bits per heavy atom. The summed E-state index contributed by atoms with van der Waals surface area (Å²) in [5, 5.41) is 72.0. The monoisotopic (exact) mass is 612 g/mol. The molecule has 15 nitrogen and oxygen atoms in total. The lowest BCUT2D eigenvalue weighted by atomic mass is 9.99. The van der Waals surface area contributed by atoms with E-state index < -0.39 is 74.5 Å². The molecule has 0 saturated carbocycles. The summed E-state index contributed by atoms with van der Waals surface area (Å²) in [5.41, 5.74) is -1.27. The number of aromatic hydroxyl groups is 2. The molecule has 0 aromatic heterocycles. The minimum atomic E-state index is -2.06. The zero-order valence-corrected chi connectivity index (χ0v) is 23.4. The Balaban J connectivity index is 1.29. The molecule has 2 aliphatic heterocycles. The van der Waals surface area contributed by atoms with Gasteiger partial charge >= 0.3 is 5.97 Å². The van der Waals surface area contributed by atoms with Gasteiger partial charge in [-0.3, -0.25) is 0 Å². The third-order valence-electron chi connectivity index (χ3n) is 7.18. The van der Waals surface area contributed by atoms with Gasteiger partial charge in [0.2, 0.25) is 5.75 Å². The molecule has 0 unspecified atom stereocenters. The molecule has 15 heteroatoms. The van der Waals surface area contributed by atoms with Crippen molar-refractivity contribution in [2.75, 3.05) is 40.6 Å². The number of aliphatic hydroxyl groups excluding tert-OH is 4. The van der Waals surface area contributed by atoms with Gasteiger partial charge in [-0.2, -0.15) is 0 Å². The Morgan fingerprint density at radius 3 is 2.21 bits per heavy atom. The lowest BCUT2D eigenvalue weighted by molar-refractivity contribution is -0.309. The number of hydrogen-bond donors (Lipinski definition) is 7. The Bertz CT molecular complexity index is 1200. The van der Waals surface area contributed by atoms with Crippen LogP contribution < -0.4 is 9.47 Å². The Morgan fingerprint density at radius 1 is 0.930 bits per heavy atom. The molecule has 8 atom stereocenters. The molecule has 43 heavy (non-hydrogen) atoms. The van der Waals surface area contributed by atoms with Crippen LogP contribution in [0.25, 0.3) is 0 Å². The van der Waals surface area contributed by atoms with Crippen LogP contribution in [0.2, 0.25) is 0 Å². The molecule has 0 spiro atoms. The average molecular weight is 613 g/mol. The Labute approximate surface area is 246 Å². The number of phenols is 2. The average Bonchev–Trinajstić information content (AvgIpc) is 3.29. The van der Waals surface area contributed by atoms with Crippen molar-refractivity contribution in [1.29, 1.82) is 0 Å². The summed E-state index contributed by atoms with van der Waals surface area (Å²) < 4.78 is 37.2. The molecule has 7 N–H and O–H groups in total. The molecule has 2 aliphatic rings. The van der Waals surface area contributed by atoms with Gasteiger partial charge in [0.25, 0.3) is 0 Å². The fourth-order valence-corrected chi connectivity index (χ4v) is 4.54. The van der Waals surface area contributed by atoms with Crippen LogP contribution in [0, 0.1) is 0 Å². The number of phenolic OH excluding ortho intramolecular Hbond substituents is 2. The van der Waals surface area contributed by atoms with E-state index in [-0.39, 0.29) is 35.2 Å². The molecular weight excluding hydrogens is 576 g/mol. The van der Waals surface area contributed by atoms with E-state index in [9.17, 15) is 40.5 Å². The first-order valence-electron chi connectivity index (χ1n) is 13.3. The van der Waals surface area contributed by atoms with Crippen LogP contribution >= 0.6 is 0 Å². The number of esters is 1. The predicted octanol–water partition coefficient (Wildman–Crippen LogP) is -1.20. The van der Waals surface area contributed by atoms with Gasteiger partial charge in [0.1, 0.15) is 42.9 Å². The summed E-state index contributed by atoms with van der Waals surface area (Å²) >= 11 is 0. The number of aliphatic hydroxyl groups is 5. The van der Waals surface area contributed by atoms with Gasteiger partial charge in [0, 0.05) is 0 Å². The number of rotatable bonds is 12. The highest BCUT2D eigenvalue weighted by Crippen LogP contribution is 2.37. The highest BCUT2D eigenvalue weighted by atomic mass is 16.7. The molecule has 0 aliphatic carbocycles. The van der Waals surface area contributed by atoms with Crippen molar-refractivity contribution in [3.8, 4) is 23.0 Å². The minimum Gasteiger partial charge on any atom is -0.508 e. The van der Waals surface area contributed by atoms with E-state index in [2.05, 4.69) is 0 Å². The maximum atomic E-state index is 12.6. The lowest BCUT2D eigenvalue weighted by Crippen LogP contribution is -2.59. The maximum Gasteiger partial charge on any atom is 0.338 e. The summed E-state index contributed by atoms with van der Waals surface area (Å²) in [4.78, 5) is 12.6. The van der Waals surface area contributed by atoms with E-state index in [0.717, 1.165) is 5.56 Å². The second-order valence-corrected chi connectivity index (χ2v) is 10.2. The first-order chi connectivity index (χ1) is 20.5. The van der Waals surface area contributed by atoms with Crippen LogP contribution in [0.15, 0.2) is 36.4 Å². The van der Waals surface area contributed by atoms with E-state index in [1.165, 1.54) is 38.5 Å². The molecule has 0 amide bonds. The molecular formula is C28H36O15. The highest BCUT2D eigenvalue weighted by Gasteiger charge is 2.51. The first-order valence-corrected chi connectivity index (χ1v) is 13.3. The maximum absolute atomic E-state index is 12.6. The third-order valence-corrected chi connectivity index (χ3v) is 7.18. The van der Waals surface area contributed by atoms with E-state index in [1.807, 2.05) is 0 Å². The van der Waals surface area contributed by atoms with Crippen LogP contribution in [0.1, 0.15) is 15.9 Å². The second kappa shape index (κ2) is 14.0. The van der Waals surface area contributed by atoms with Crippen molar-refractivity contribution in [2.24, 2.45) is 0 Å². The fraction of sp³-hybridized carbons (Fsp3) is 0.536. The number of ether oxygens (including phenoxy) is 7. The molecule has 0 bridgehead atoms. The summed E-state index contributed by atoms with van der Waals surface area (Å²) in [5.74, 6) is -1.21. The fourth-order valence-electron chi connectivity index (χ4n) is 4.54. The van der Waals surface area contributed by atoms with E-state index >= 15 is 0 Å². The normalized spacial score (nSPS) is 30.6. The van der Waals surface area contributed by atoms with Crippen molar-refractivity contribution >= 4 is 5.97 Å². The Hall–Kier alpha value is -3.25. The van der Waals surface area contributed by atoms with Gasteiger partial charge in [0.05, 0.1) is 39.6 Å². The minimum absolute atomic E-state index is 0.0440. The number of carbonyl (C=O) groups excluding carboxylic acids is 1. The standard InChI is InChI=1S/C28H36O15/c1-37-17-9-15(10-18(38-2)20(17)30)25(35)41-12-28(36)13-42-27(24(28)34)40-11-19-21(31)22(32)23(33)26(43-19)39-8-7-14-3-5-16(29)6-4-14/h3-6,9-10,19,21-24,26-27,29-34,36H,7-8,11-13H2,1-2H3/t19-,21-,22+,23-,24+,26-,27-,28-/m1/s1. The number of methoxy groups -OCH3 is 2. The van der Waals surface area contributed by atoms with Gasteiger partial charge < -0.3 is 68.9 Å². The number of carbonyl (C=O) groups is 1. The van der Waals surface area contributed by atoms with E-state index in [4.69, 9.17) is 33.2 Å². The molecule has 2 heterocycles. The van der Waals surface area contributed by atoms with Gasteiger partial charge in [-0.1, -0.05) is 12.1 Å². The zero-order chi connectivity index (χ0) is 31.3. The largest absolute Gasteiger partial charge is 0.508 e. The van der Waals surface area contributed by atoms with Crippen molar-refractivity contribution < 1.29 is 73.7 Å².